The van der Waals surface area contributed by atoms with Gasteiger partial charge in [-0.25, -0.2) is 13.8 Å². The normalized spacial score (nSPS) is 10.7. The van der Waals surface area contributed by atoms with E-state index in [2.05, 4.69) is 20.9 Å². The zero-order valence-electron chi connectivity index (χ0n) is 7.84. The second-order valence-corrected chi connectivity index (χ2v) is 3.87. The lowest BCUT2D eigenvalue weighted by atomic mass is 10.1. The Balaban J connectivity index is 2.64. The summed E-state index contributed by atoms with van der Waals surface area (Å²) in [4.78, 5) is 3.98. The number of hydrogen-bond donors (Lipinski definition) is 0. The Hall–Kier alpha value is -1.23. The highest BCUT2D eigenvalue weighted by Crippen LogP contribution is 2.28. The molecule has 0 bridgehead atoms. The molecule has 0 aliphatic heterocycles. The third-order valence-electron chi connectivity index (χ3n) is 2.08. The summed E-state index contributed by atoms with van der Waals surface area (Å²) in [5.74, 6) is -1.19. The van der Waals surface area contributed by atoms with E-state index in [9.17, 15) is 8.78 Å². The Morgan fingerprint density at radius 1 is 1.33 bits per heavy atom. The summed E-state index contributed by atoms with van der Waals surface area (Å²) in [6.07, 6.45) is 1.56. The van der Waals surface area contributed by atoms with Gasteiger partial charge < -0.3 is 4.57 Å². The van der Waals surface area contributed by atoms with Crippen molar-refractivity contribution in [1.29, 1.82) is 0 Å². The van der Waals surface area contributed by atoms with E-state index >= 15 is 0 Å². The summed E-state index contributed by atoms with van der Waals surface area (Å²) in [5.41, 5.74) is 0.913. The van der Waals surface area contributed by atoms with Gasteiger partial charge in [0.05, 0.1) is 12.0 Å². The molecule has 1 aromatic carbocycles. The zero-order chi connectivity index (χ0) is 11.0. The highest BCUT2D eigenvalue weighted by molar-refractivity contribution is 9.10. The van der Waals surface area contributed by atoms with Gasteiger partial charge in [0.15, 0.2) is 0 Å². The number of nitrogens with zero attached hydrogens (tertiary/aromatic N) is 2. The molecule has 0 spiro atoms. The molecule has 1 heterocycles. The minimum atomic E-state index is -0.598. The van der Waals surface area contributed by atoms with Crippen LogP contribution in [0.15, 0.2) is 29.1 Å². The van der Waals surface area contributed by atoms with Crippen LogP contribution >= 0.6 is 15.9 Å². The Morgan fingerprint density at radius 3 is 2.60 bits per heavy atom. The predicted molar refractivity (Wildman–Crippen MR) is 56.3 cm³/mol. The van der Waals surface area contributed by atoms with Crippen LogP contribution < -0.4 is 0 Å². The standard InChI is InChI=1S/C10H7BrF2N2/c1-15-5-14-10(11)9(15)7-3-2-6(12)4-8(7)13/h2-5H,1H3. The van der Waals surface area contributed by atoms with E-state index in [0.717, 1.165) is 6.07 Å². The van der Waals surface area contributed by atoms with Crippen LogP contribution in [0.1, 0.15) is 0 Å². The first kappa shape index (κ1) is 10.3. The lowest BCUT2D eigenvalue weighted by molar-refractivity contribution is 0.584. The molecule has 0 amide bonds. The van der Waals surface area contributed by atoms with E-state index in [1.165, 1.54) is 12.1 Å². The Kier molecular flexibility index (Phi) is 2.56. The van der Waals surface area contributed by atoms with E-state index in [-0.39, 0.29) is 0 Å². The van der Waals surface area contributed by atoms with Gasteiger partial charge in [-0.2, -0.15) is 0 Å². The maximum absolute atomic E-state index is 13.5. The molecule has 0 fully saturated rings. The van der Waals surface area contributed by atoms with E-state index < -0.39 is 11.6 Å². The van der Waals surface area contributed by atoms with Crippen molar-refractivity contribution in [2.24, 2.45) is 7.05 Å². The van der Waals surface area contributed by atoms with Crippen molar-refractivity contribution in [2.75, 3.05) is 0 Å². The van der Waals surface area contributed by atoms with Crippen molar-refractivity contribution < 1.29 is 8.78 Å². The fourth-order valence-corrected chi connectivity index (χ4v) is 1.97. The summed E-state index contributed by atoms with van der Waals surface area (Å²) in [6.45, 7) is 0. The first-order chi connectivity index (χ1) is 7.09. The first-order valence-corrected chi connectivity index (χ1v) is 5.01. The van der Waals surface area contributed by atoms with Crippen molar-refractivity contribution in [3.05, 3.63) is 40.8 Å². The van der Waals surface area contributed by atoms with Crippen LogP contribution in [0.25, 0.3) is 11.3 Å². The minimum Gasteiger partial charge on any atom is -0.333 e. The van der Waals surface area contributed by atoms with Crippen molar-refractivity contribution in [3.63, 3.8) is 0 Å². The predicted octanol–water partition coefficient (Wildman–Crippen LogP) is 3.13. The lowest BCUT2D eigenvalue weighted by Crippen LogP contribution is -1.93. The molecule has 0 radical (unpaired) electrons. The van der Waals surface area contributed by atoms with Crippen LogP contribution in [0.5, 0.6) is 0 Å². The summed E-state index contributed by atoms with van der Waals surface area (Å²) in [6, 6.07) is 3.47. The summed E-state index contributed by atoms with van der Waals surface area (Å²) >= 11 is 3.21. The minimum absolute atomic E-state index is 0.322. The topological polar surface area (TPSA) is 17.8 Å². The first-order valence-electron chi connectivity index (χ1n) is 4.22. The molecule has 2 aromatic rings. The van der Waals surface area contributed by atoms with Crippen LogP contribution in [0.3, 0.4) is 0 Å². The van der Waals surface area contributed by atoms with Gasteiger partial charge in [-0.05, 0) is 28.1 Å². The average molecular weight is 273 g/mol. The number of imidazole rings is 1. The highest BCUT2D eigenvalue weighted by Gasteiger charge is 2.13. The lowest BCUT2D eigenvalue weighted by Gasteiger charge is -2.04. The van der Waals surface area contributed by atoms with Gasteiger partial charge in [0, 0.05) is 18.7 Å². The van der Waals surface area contributed by atoms with E-state index in [1.54, 1.807) is 17.9 Å². The third-order valence-corrected chi connectivity index (χ3v) is 2.66. The van der Waals surface area contributed by atoms with E-state index in [0.29, 0.717) is 15.9 Å². The summed E-state index contributed by atoms with van der Waals surface area (Å²) in [5, 5.41) is 0. The third kappa shape index (κ3) is 1.79. The van der Waals surface area contributed by atoms with Crippen molar-refractivity contribution in [3.8, 4) is 11.3 Å². The molecule has 15 heavy (non-hydrogen) atoms. The molecular formula is C10H7BrF2N2. The molecule has 0 atom stereocenters. The molecular weight excluding hydrogens is 266 g/mol. The highest BCUT2D eigenvalue weighted by atomic mass is 79.9. The second-order valence-electron chi connectivity index (χ2n) is 3.12. The maximum Gasteiger partial charge on any atom is 0.135 e. The molecule has 0 unspecified atom stereocenters. The van der Waals surface area contributed by atoms with E-state index in [4.69, 9.17) is 0 Å². The number of rotatable bonds is 1. The van der Waals surface area contributed by atoms with Gasteiger partial charge in [0.25, 0.3) is 0 Å². The quantitative estimate of drug-likeness (QED) is 0.780. The van der Waals surface area contributed by atoms with Crippen molar-refractivity contribution in [2.45, 2.75) is 0 Å². The Labute approximate surface area is 93.7 Å². The summed E-state index contributed by atoms with van der Waals surface area (Å²) < 4.78 is 28.4. The van der Waals surface area contributed by atoms with Crippen LogP contribution in [-0.4, -0.2) is 9.55 Å². The Bertz CT molecular complexity index is 489. The molecule has 0 aliphatic carbocycles. The van der Waals surface area contributed by atoms with Gasteiger partial charge in [0.1, 0.15) is 16.2 Å². The summed E-state index contributed by atoms with van der Waals surface area (Å²) in [7, 11) is 1.75. The van der Waals surface area contributed by atoms with Crippen LogP contribution in [0, 0.1) is 11.6 Å². The maximum atomic E-state index is 13.5. The zero-order valence-corrected chi connectivity index (χ0v) is 9.42. The number of aromatic nitrogens is 2. The van der Waals surface area contributed by atoms with Gasteiger partial charge >= 0.3 is 0 Å². The van der Waals surface area contributed by atoms with Gasteiger partial charge in [-0.1, -0.05) is 0 Å². The average Bonchev–Trinajstić information content (AvgIpc) is 2.48. The number of aryl methyl sites for hydroxylation is 1. The molecule has 5 heteroatoms. The second kappa shape index (κ2) is 3.73. The molecule has 1 aromatic heterocycles. The van der Waals surface area contributed by atoms with Crippen LogP contribution in [0.4, 0.5) is 8.78 Å². The van der Waals surface area contributed by atoms with Gasteiger partial charge in [0.2, 0.25) is 0 Å². The molecule has 0 N–H and O–H groups in total. The van der Waals surface area contributed by atoms with Crippen molar-refractivity contribution >= 4 is 15.9 Å². The number of benzene rings is 1. The number of hydrogen-bond acceptors (Lipinski definition) is 1. The smallest absolute Gasteiger partial charge is 0.135 e. The largest absolute Gasteiger partial charge is 0.333 e. The molecule has 2 nitrogen and oxygen atoms in total. The molecule has 0 aliphatic rings. The van der Waals surface area contributed by atoms with Crippen LogP contribution in [-0.2, 0) is 7.05 Å². The fourth-order valence-electron chi connectivity index (χ4n) is 1.38. The SMILES string of the molecule is Cn1cnc(Br)c1-c1ccc(F)cc1F. The monoisotopic (exact) mass is 272 g/mol. The van der Waals surface area contributed by atoms with Gasteiger partial charge in [-0.3, -0.25) is 0 Å². The Morgan fingerprint density at radius 2 is 2.07 bits per heavy atom. The molecule has 0 saturated carbocycles. The molecule has 2 rings (SSSR count). The van der Waals surface area contributed by atoms with Gasteiger partial charge in [-0.15, -0.1) is 0 Å². The molecule has 0 saturated heterocycles. The number of halogens is 3. The fraction of sp³-hybridized carbons (Fsp3) is 0.100. The molecule has 78 valence electrons. The van der Waals surface area contributed by atoms with E-state index in [1.807, 2.05) is 0 Å². The van der Waals surface area contributed by atoms with Crippen molar-refractivity contribution in [1.82, 2.24) is 9.55 Å². The van der Waals surface area contributed by atoms with Crippen LogP contribution in [0.2, 0.25) is 0 Å².